The van der Waals surface area contributed by atoms with Crippen LogP contribution in [-0.2, 0) is 10.2 Å². The fraction of sp³-hybridized carbons (Fsp3) is 0.571. The van der Waals surface area contributed by atoms with Gasteiger partial charge in [-0.15, -0.1) is 11.6 Å². The molecule has 0 aromatic heterocycles. The van der Waals surface area contributed by atoms with E-state index < -0.39 is 0 Å². The second kappa shape index (κ2) is 5.28. The highest BCUT2D eigenvalue weighted by Gasteiger charge is 2.39. The van der Waals surface area contributed by atoms with Gasteiger partial charge in [-0.3, -0.25) is 0 Å². The fourth-order valence-corrected chi connectivity index (χ4v) is 2.51. The van der Waals surface area contributed by atoms with Crippen molar-refractivity contribution < 1.29 is 9.47 Å². The Hall–Kier alpha value is -0.730. The van der Waals surface area contributed by atoms with Gasteiger partial charge in [-0.05, 0) is 38.0 Å². The third kappa shape index (κ3) is 2.75. The summed E-state index contributed by atoms with van der Waals surface area (Å²) in [6.45, 7) is 5.62. The zero-order chi connectivity index (χ0) is 12.3. The average Bonchev–Trinajstić information content (AvgIpc) is 2.24. The van der Waals surface area contributed by atoms with E-state index in [1.807, 2.05) is 26.0 Å². The van der Waals surface area contributed by atoms with Gasteiger partial charge in [0.05, 0.1) is 19.3 Å². The van der Waals surface area contributed by atoms with Crippen molar-refractivity contribution in [1.29, 1.82) is 0 Å². The molecule has 0 amide bonds. The maximum absolute atomic E-state index is 5.87. The maximum Gasteiger partial charge on any atom is 0.119 e. The monoisotopic (exact) mass is 254 g/mol. The molecule has 0 N–H and O–H groups in total. The summed E-state index contributed by atoms with van der Waals surface area (Å²) in [7, 11) is 0. The molecule has 17 heavy (non-hydrogen) atoms. The minimum absolute atomic E-state index is 0.137. The van der Waals surface area contributed by atoms with Gasteiger partial charge >= 0.3 is 0 Å². The summed E-state index contributed by atoms with van der Waals surface area (Å²) < 4.78 is 11.0. The van der Waals surface area contributed by atoms with Crippen LogP contribution in [0.2, 0.25) is 0 Å². The standard InChI is InChI=1S/C14H19ClO2/c1-11(2)17-13-5-3-12(4-6-13)14(7-8-15)9-16-10-14/h3-6,11H,7-10H2,1-2H3. The lowest BCUT2D eigenvalue weighted by molar-refractivity contribution is -0.0615. The highest BCUT2D eigenvalue weighted by Crippen LogP contribution is 2.36. The van der Waals surface area contributed by atoms with Gasteiger partial charge in [0.15, 0.2) is 0 Å². The second-order valence-electron chi connectivity index (χ2n) is 4.90. The van der Waals surface area contributed by atoms with Crippen LogP contribution in [-0.4, -0.2) is 25.2 Å². The third-order valence-corrected chi connectivity index (χ3v) is 3.36. The summed E-state index contributed by atoms with van der Waals surface area (Å²) in [5.74, 6) is 1.60. The van der Waals surface area contributed by atoms with Crippen molar-refractivity contribution in [3.8, 4) is 5.75 Å². The van der Waals surface area contributed by atoms with E-state index in [2.05, 4.69) is 12.1 Å². The van der Waals surface area contributed by atoms with Crippen LogP contribution in [0.4, 0.5) is 0 Å². The van der Waals surface area contributed by atoms with Crippen molar-refractivity contribution in [1.82, 2.24) is 0 Å². The molecule has 0 radical (unpaired) electrons. The minimum atomic E-state index is 0.137. The molecule has 1 aromatic rings. The van der Waals surface area contributed by atoms with Gasteiger partial charge in [0.1, 0.15) is 5.75 Å². The molecule has 0 aliphatic carbocycles. The molecule has 0 bridgehead atoms. The topological polar surface area (TPSA) is 18.5 Å². The number of hydrogen-bond donors (Lipinski definition) is 0. The molecule has 0 spiro atoms. The van der Waals surface area contributed by atoms with Gasteiger partial charge in [0.25, 0.3) is 0 Å². The first kappa shape index (κ1) is 12.7. The average molecular weight is 255 g/mol. The smallest absolute Gasteiger partial charge is 0.119 e. The molecule has 2 nitrogen and oxygen atoms in total. The summed E-state index contributed by atoms with van der Waals surface area (Å²) in [6.07, 6.45) is 1.18. The van der Waals surface area contributed by atoms with E-state index in [1.54, 1.807) is 0 Å². The van der Waals surface area contributed by atoms with Crippen LogP contribution in [0, 0.1) is 0 Å². The molecule has 2 rings (SSSR count). The van der Waals surface area contributed by atoms with Crippen LogP contribution < -0.4 is 4.74 Å². The van der Waals surface area contributed by atoms with E-state index in [4.69, 9.17) is 21.1 Å². The number of rotatable bonds is 5. The van der Waals surface area contributed by atoms with Crippen LogP contribution in [0.1, 0.15) is 25.8 Å². The molecule has 0 atom stereocenters. The normalized spacial score (nSPS) is 17.9. The molecule has 94 valence electrons. The van der Waals surface area contributed by atoms with E-state index in [1.165, 1.54) is 5.56 Å². The van der Waals surface area contributed by atoms with Crippen molar-refractivity contribution in [3.63, 3.8) is 0 Å². The van der Waals surface area contributed by atoms with Crippen molar-refractivity contribution >= 4 is 11.6 Å². The second-order valence-corrected chi connectivity index (χ2v) is 5.28. The van der Waals surface area contributed by atoms with Gasteiger partial charge in [-0.2, -0.15) is 0 Å². The minimum Gasteiger partial charge on any atom is -0.491 e. The molecule has 0 unspecified atom stereocenters. The summed E-state index contributed by atoms with van der Waals surface area (Å²) in [6, 6.07) is 8.33. The number of ether oxygens (including phenoxy) is 2. The first-order valence-electron chi connectivity index (χ1n) is 6.07. The Morgan fingerprint density at radius 2 is 1.94 bits per heavy atom. The molecular weight excluding hydrogens is 236 g/mol. The lowest BCUT2D eigenvalue weighted by Gasteiger charge is -2.41. The van der Waals surface area contributed by atoms with Crippen LogP contribution >= 0.6 is 11.6 Å². The van der Waals surface area contributed by atoms with Crippen molar-refractivity contribution in [3.05, 3.63) is 29.8 Å². The zero-order valence-electron chi connectivity index (χ0n) is 10.4. The Bertz CT molecular complexity index is 355. The highest BCUT2D eigenvalue weighted by molar-refractivity contribution is 6.17. The van der Waals surface area contributed by atoms with Gasteiger partial charge in [-0.25, -0.2) is 0 Å². The molecule has 1 heterocycles. The molecule has 1 saturated heterocycles. The number of halogens is 1. The molecule has 1 aliphatic rings. The summed E-state index contributed by atoms with van der Waals surface area (Å²) in [5, 5.41) is 0. The van der Waals surface area contributed by atoms with Crippen LogP contribution in [0.25, 0.3) is 0 Å². The zero-order valence-corrected chi connectivity index (χ0v) is 11.2. The Morgan fingerprint density at radius 3 is 2.35 bits per heavy atom. The first-order chi connectivity index (χ1) is 8.16. The first-order valence-corrected chi connectivity index (χ1v) is 6.61. The predicted octanol–water partition coefficient (Wildman–Crippen LogP) is 3.37. The fourth-order valence-electron chi connectivity index (χ4n) is 2.14. The van der Waals surface area contributed by atoms with Crippen LogP contribution in [0.15, 0.2) is 24.3 Å². The lowest BCUT2D eigenvalue weighted by Crippen LogP contribution is -2.47. The van der Waals surface area contributed by atoms with Crippen LogP contribution in [0.3, 0.4) is 0 Å². The van der Waals surface area contributed by atoms with Crippen LogP contribution in [0.5, 0.6) is 5.75 Å². The molecule has 1 aromatic carbocycles. The lowest BCUT2D eigenvalue weighted by atomic mass is 9.76. The molecule has 3 heteroatoms. The summed E-state index contributed by atoms with van der Waals surface area (Å²) in [4.78, 5) is 0. The van der Waals surface area contributed by atoms with E-state index in [9.17, 15) is 0 Å². The largest absolute Gasteiger partial charge is 0.491 e. The maximum atomic E-state index is 5.87. The van der Waals surface area contributed by atoms with E-state index in [0.29, 0.717) is 5.88 Å². The molecule has 1 fully saturated rings. The Balaban J connectivity index is 2.11. The molecule has 1 aliphatic heterocycles. The van der Waals surface area contributed by atoms with Gasteiger partial charge in [0.2, 0.25) is 0 Å². The van der Waals surface area contributed by atoms with E-state index in [0.717, 1.165) is 25.4 Å². The molecule has 0 saturated carbocycles. The number of alkyl halides is 1. The van der Waals surface area contributed by atoms with Gasteiger partial charge in [-0.1, -0.05) is 12.1 Å². The predicted molar refractivity (Wildman–Crippen MR) is 70.0 cm³/mol. The van der Waals surface area contributed by atoms with Gasteiger partial charge < -0.3 is 9.47 Å². The highest BCUT2D eigenvalue weighted by atomic mass is 35.5. The quantitative estimate of drug-likeness (QED) is 0.750. The van der Waals surface area contributed by atoms with Crippen molar-refractivity contribution in [2.24, 2.45) is 0 Å². The SMILES string of the molecule is CC(C)Oc1ccc(C2(CCCl)COC2)cc1. The van der Waals surface area contributed by atoms with Gasteiger partial charge in [0, 0.05) is 11.3 Å². The summed E-state index contributed by atoms with van der Waals surface area (Å²) in [5.41, 5.74) is 1.44. The molecular formula is C14H19ClO2. The van der Waals surface area contributed by atoms with Crippen molar-refractivity contribution in [2.45, 2.75) is 31.8 Å². The van der Waals surface area contributed by atoms with Crippen molar-refractivity contribution in [2.75, 3.05) is 19.1 Å². The number of benzene rings is 1. The van der Waals surface area contributed by atoms with E-state index in [-0.39, 0.29) is 11.5 Å². The van der Waals surface area contributed by atoms with E-state index >= 15 is 0 Å². The Kier molecular flexibility index (Phi) is 3.95. The Morgan fingerprint density at radius 1 is 1.29 bits per heavy atom. The Labute approximate surface area is 108 Å². The summed E-state index contributed by atoms with van der Waals surface area (Å²) >= 11 is 5.87. The number of hydrogen-bond acceptors (Lipinski definition) is 2. The third-order valence-electron chi connectivity index (χ3n) is 3.17.